The average Bonchev–Trinajstić information content (AvgIpc) is 3.01. The lowest BCUT2D eigenvalue weighted by Gasteiger charge is -2.12. The number of furan rings is 1. The molecule has 8 nitrogen and oxygen atoms in total. The lowest BCUT2D eigenvalue weighted by molar-refractivity contribution is -0.134. The molecule has 0 saturated heterocycles. The number of nitrogens with one attached hydrogen (secondary N) is 1. The van der Waals surface area contributed by atoms with Crippen LogP contribution in [0, 0.1) is 0 Å². The number of methoxy groups -OCH3 is 1. The molecule has 28 heavy (non-hydrogen) atoms. The minimum atomic E-state index is -0.634. The van der Waals surface area contributed by atoms with Gasteiger partial charge in [0.15, 0.2) is 16.9 Å². The van der Waals surface area contributed by atoms with Gasteiger partial charge in [-0.15, -0.1) is 0 Å². The molecule has 1 N–H and O–H groups in total. The molecule has 0 radical (unpaired) electrons. The Morgan fingerprint density at radius 3 is 2.36 bits per heavy atom. The fourth-order valence-electron chi connectivity index (χ4n) is 3.21. The molecular weight excluding hydrogens is 366 g/mol. The zero-order valence-corrected chi connectivity index (χ0v) is 15.2. The van der Waals surface area contributed by atoms with E-state index in [4.69, 9.17) is 18.6 Å². The second kappa shape index (κ2) is 6.41. The van der Waals surface area contributed by atoms with E-state index in [-0.39, 0.29) is 33.8 Å². The first-order valence-corrected chi connectivity index (χ1v) is 8.35. The maximum absolute atomic E-state index is 12.7. The normalized spacial score (nSPS) is 11.1. The van der Waals surface area contributed by atoms with Crippen LogP contribution in [0.1, 0.15) is 13.8 Å². The van der Waals surface area contributed by atoms with E-state index in [1.165, 1.54) is 27.0 Å². The van der Waals surface area contributed by atoms with Crippen LogP contribution in [-0.4, -0.2) is 24.0 Å². The third-order valence-electron chi connectivity index (χ3n) is 4.21. The summed E-state index contributed by atoms with van der Waals surface area (Å²) in [5.41, 5.74) is 0.787. The molecule has 0 aliphatic rings. The first-order chi connectivity index (χ1) is 13.4. The summed E-state index contributed by atoms with van der Waals surface area (Å²) >= 11 is 0. The summed E-state index contributed by atoms with van der Waals surface area (Å²) in [6.07, 6.45) is 0. The Morgan fingerprint density at radius 1 is 0.964 bits per heavy atom. The van der Waals surface area contributed by atoms with Gasteiger partial charge in [-0.25, -0.2) is 0 Å². The lowest BCUT2D eigenvalue weighted by atomic mass is 10.1. The minimum Gasteiger partial charge on any atom is -0.490 e. The van der Waals surface area contributed by atoms with Crippen molar-refractivity contribution < 1.29 is 28.2 Å². The van der Waals surface area contributed by atoms with Gasteiger partial charge in [0, 0.05) is 24.6 Å². The van der Waals surface area contributed by atoms with Crippen LogP contribution in [0.2, 0.25) is 0 Å². The van der Waals surface area contributed by atoms with E-state index >= 15 is 0 Å². The molecule has 0 bridgehead atoms. The summed E-state index contributed by atoms with van der Waals surface area (Å²) in [7, 11) is 1.36. The van der Waals surface area contributed by atoms with Crippen molar-refractivity contribution in [3.05, 3.63) is 40.7 Å². The Labute approximate surface area is 157 Å². The number of pyridine rings is 1. The zero-order valence-electron chi connectivity index (χ0n) is 15.2. The monoisotopic (exact) mass is 381 g/mol. The van der Waals surface area contributed by atoms with E-state index in [0.717, 1.165) is 0 Å². The molecule has 142 valence electrons. The van der Waals surface area contributed by atoms with E-state index < -0.39 is 11.9 Å². The number of rotatable bonds is 3. The van der Waals surface area contributed by atoms with Gasteiger partial charge in [-0.3, -0.25) is 14.4 Å². The summed E-state index contributed by atoms with van der Waals surface area (Å²) in [5.74, 6) is -1.36. The molecule has 0 atom stereocenters. The van der Waals surface area contributed by atoms with Gasteiger partial charge in [-0.2, -0.15) is 0 Å². The van der Waals surface area contributed by atoms with Crippen LogP contribution < -0.4 is 19.8 Å². The van der Waals surface area contributed by atoms with Gasteiger partial charge in [0.2, 0.25) is 11.5 Å². The van der Waals surface area contributed by atoms with Crippen molar-refractivity contribution in [2.75, 3.05) is 7.11 Å². The second-order valence-electron chi connectivity index (χ2n) is 6.11. The van der Waals surface area contributed by atoms with E-state index in [0.29, 0.717) is 21.9 Å². The third-order valence-corrected chi connectivity index (χ3v) is 4.21. The van der Waals surface area contributed by atoms with Crippen LogP contribution in [0.25, 0.3) is 32.8 Å². The van der Waals surface area contributed by atoms with Crippen molar-refractivity contribution in [3.8, 4) is 17.2 Å². The second-order valence-corrected chi connectivity index (χ2v) is 6.11. The summed E-state index contributed by atoms with van der Waals surface area (Å²) in [4.78, 5) is 38.6. The fraction of sp³-hybridized carbons (Fsp3) is 0.150. The van der Waals surface area contributed by atoms with Crippen LogP contribution in [0.4, 0.5) is 0 Å². The topological polar surface area (TPSA) is 108 Å². The number of benzene rings is 2. The smallest absolute Gasteiger partial charge is 0.308 e. The highest BCUT2D eigenvalue weighted by atomic mass is 16.6. The quantitative estimate of drug-likeness (QED) is 0.428. The van der Waals surface area contributed by atoms with Crippen molar-refractivity contribution in [1.82, 2.24) is 4.98 Å². The maximum atomic E-state index is 12.7. The molecule has 4 rings (SSSR count). The third kappa shape index (κ3) is 2.66. The summed E-state index contributed by atoms with van der Waals surface area (Å²) in [6.45, 7) is 2.42. The Balaban J connectivity index is 2.20. The van der Waals surface area contributed by atoms with Gasteiger partial charge in [-0.05, 0) is 18.2 Å². The number of aromatic amines is 1. The SMILES string of the molecule is COc1c(OC(C)=O)c(OC(C)=O)cc2c1oc1c3ccccc3[nH]c(=O)c21. The highest BCUT2D eigenvalue weighted by Crippen LogP contribution is 2.47. The minimum absolute atomic E-state index is 0.0450. The Bertz CT molecular complexity index is 1330. The van der Waals surface area contributed by atoms with Gasteiger partial charge >= 0.3 is 11.9 Å². The number of aromatic nitrogens is 1. The number of ether oxygens (including phenoxy) is 3. The molecule has 0 fully saturated rings. The van der Waals surface area contributed by atoms with Gasteiger partial charge in [0.1, 0.15) is 0 Å². The average molecular weight is 381 g/mol. The van der Waals surface area contributed by atoms with E-state index in [9.17, 15) is 14.4 Å². The summed E-state index contributed by atoms with van der Waals surface area (Å²) in [6, 6.07) is 8.61. The summed E-state index contributed by atoms with van der Waals surface area (Å²) < 4.78 is 21.8. The molecule has 0 aliphatic carbocycles. The zero-order chi connectivity index (χ0) is 20.0. The number of carbonyl (C=O) groups excluding carboxylic acids is 2. The number of hydrogen-bond donors (Lipinski definition) is 1. The predicted molar refractivity (Wildman–Crippen MR) is 101 cm³/mol. The van der Waals surface area contributed by atoms with Gasteiger partial charge < -0.3 is 23.6 Å². The number of esters is 2. The molecule has 0 amide bonds. The molecule has 2 heterocycles. The number of H-pyrrole nitrogens is 1. The van der Waals surface area contributed by atoms with Gasteiger partial charge in [0.05, 0.1) is 18.0 Å². The Kier molecular flexibility index (Phi) is 4.03. The number of para-hydroxylation sites is 1. The number of hydrogen-bond acceptors (Lipinski definition) is 7. The van der Waals surface area contributed by atoms with Crippen molar-refractivity contribution in [3.63, 3.8) is 0 Å². The predicted octanol–water partition coefficient (Wildman–Crippen LogP) is 3.29. The Morgan fingerprint density at radius 2 is 1.68 bits per heavy atom. The molecule has 2 aromatic heterocycles. The van der Waals surface area contributed by atoms with Crippen molar-refractivity contribution in [1.29, 1.82) is 0 Å². The van der Waals surface area contributed by atoms with Crippen molar-refractivity contribution >= 4 is 44.8 Å². The molecule has 0 unspecified atom stereocenters. The highest BCUT2D eigenvalue weighted by Gasteiger charge is 2.26. The van der Waals surface area contributed by atoms with Crippen LogP contribution in [-0.2, 0) is 9.59 Å². The van der Waals surface area contributed by atoms with Gasteiger partial charge in [-0.1, -0.05) is 12.1 Å². The molecule has 4 aromatic rings. The maximum Gasteiger partial charge on any atom is 0.308 e. The van der Waals surface area contributed by atoms with E-state index in [1.807, 2.05) is 12.1 Å². The van der Waals surface area contributed by atoms with Crippen LogP contribution in [0.15, 0.2) is 39.5 Å². The molecule has 0 saturated carbocycles. The van der Waals surface area contributed by atoms with E-state index in [2.05, 4.69) is 4.98 Å². The molecule has 2 aromatic carbocycles. The first kappa shape index (κ1) is 17.6. The largest absolute Gasteiger partial charge is 0.490 e. The Hall–Kier alpha value is -3.81. The summed E-state index contributed by atoms with van der Waals surface area (Å²) in [5, 5.41) is 1.33. The first-order valence-electron chi connectivity index (χ1n) is 8.35. The molecule has 8 heteroatoms. The van der Waals surface area contributed by atoms with Crippen molar-refractivity contribution in [2.45, 2.75) is 13.8 Å². The van der Waals surface area contributed by atoms with Crippen LogP contribution >= 0.6 is 0 Å². The fourth-order valence-corrected chi connectivity index (χ4v) is 3.21. The van der Waals surface area contributed by atoms with Crippen LogP contribution in [0.3, 0.4) is 0 Å². The number of fused-ring (bicyclic) bond motifs is 5. The van der Waals surface area contributed by atoms with Crippen molar-refractivity contribution in [2.24, 2.45) is 0 Å². The van der Waals surface area contributed by atoms with E-state index in [1.54, 1.807) is 12.1 Å². The molecule has 0 spiro atoms. The number of carbonyl (C=O) groups is 2. The van der Waals surface area contributed by atoms with Crippen LogP contribution in [0.5, 0.6) is 17.2 Å². The van der Waals surface area contributed by atoms with Gasteiger partial charge in [0.25, 0.3) is 5.56 Å². The molecule has 0 aliphatic heterocycles. The highest BCUT2D eigenvalue weighted by molar-refractivity contribution is 6.15. The molecular formula is C20H15NO7. The lowest BCUT2D eigenvalue weighted by Crippen LogP contribution is -2.09. The standard InChI is InChI=1S/C20H15NO7/c1-9(22)26-14-8-12-15-16(11-6-4-5-7-13(11)21-20(15)24)28-17(12)19(25-3)18(14)27-10(2)23/h4-8H,1-3H3,(H,21,24).